The van der Waals surface area contributed by atoms with E-state index in [1.807, 2.05) is 0 Å². The predicted molar refractivity (Wildman–Crippen MR) is 310 cm³/mol. The number of likely N-dealkylation sites (tertiary alicyclic amines) is 2. The lowest BCUT2D eigenvalue weighted by Gasteiger charge is -2.41. The third-order valence-electron chi connectivity index (χ3n) is 19.9. The van der Waals surface area contributed by atoms with Gasteiger partial charge in [-0.3, -0.25) is 0 Å². The molecule has 0 bridgehead atoms. The molecule has 4 saturated carbocycles. The highest BCUT2D eigenvalue weighted by atomic mass is 15.4. The van der Waals surface area contributed by atoms with Gasteiger partial charge in [-0.25, -0.2) is 13.7 Å². The first kappa shape index (κ1) is 59.1. The summed E-state index contributed by atoms with van der Waals surface area (Å²) in [6, 6.07) is 4.27. The van der Waals surface area contributed by atoms with Gasteiger partial charge in [-0.05, 0) is 156 Å². The number of rotatable bonds is 19. The summed E-state index contributed by atoms with van der Waals surface area (Å²) >= 11 is 0. The van der Waals surface area contributed by atoms with E-state index in [1.54, 1.807) is 0 Å². The number of hydrogen-bond acceptors (Lipinski definition) is 0. The molecule has 4 heterocycles. The molecule has 0 amide bonds. The highest BCUT2D eigenvalue weighted by Gasteiger charge is 2.39. The van der Waals surface area contributed by atoms with Gasteiger partial charge in [0.25, 0.3) is 5.82 Å². The molecule has 0 aromatic carbocycles. The van der Waals surface area contributed by atoms with E-state index in [1.165, 1.54) is 174 Å². The molecule has 6 aliphatic rings. The second kappa shape index (κ2) is 28.8. The third kappa shape index (κ3) is 16.1. The van der Waals surface area contributed by atoms with Gasteiger partial charge in [-0.15, -0.1) is 52.6 Å². The Morgan fingerprint density at radius 1 is 0.583 bits per heavy atom. The molecule has 2 aliphatic heterocycles. The Labute approximate surface area is 444 Å². The van der Waals surface area contributed by atoms with Crippen LogP contribution in [0.5, 0.6) is 0 Å². The Hall–Kier alpha value is -3.80. The monoisotopic (exact) mass is 984 g/mol. The van der Waals surface area contributed by atoms with Gasteiger partial charge in [0.1, 0.15) is 17.9 Å². The number of nitrogens with zero attached hydrogens (tertiary/aromatic N) is 5. The zero-order chi connectivity index (χ0) is 52.4. The number of allylic oxidation sites excluding steroid dienone is 8. The first-order valence-electron chi connectivity index (χ1n) is 29.3. The van der Waals surface area contributed by atoms with Gasteiger partial charge in [0.05, 0.1) is 66.5 Å². The maximum atomic E-state index is 4.05. The Balaban J connectivity index is 0.000000179. The van der Waals surface area contributed by atoms with E-state index in [2.05, 4.69) is 188 Å². The van der Waals surface area contributed by atoms with Crippen LogP contribution in [-0.2, 0) is 20.1 Å². The van der Waals surface area contributed by atoms with Crippen LogP contribution in [-0.4, -0.2) is 66.4 Å². The fraction of sp³-hybridized carbons (Fsp3) is 0.642. The summed E-state index contributed by atoms with van der Waals surface area (Å²) < 4.78 is 9.76. The normalized spacial score (nSPS) is 31.1. The highest BCUT2D eigenvalue weighted by Crippen LogP contribution is 2.43. The van der Waals surface area contributed by atoms with Gasteiger partial charge in [-0.1, -0.05) is 48.6 Å². The molecule has 5 heteroatoms. The molecule has 72 heavy (non-hydrogen) atoms. The number of aryl methyl sites for hydroxylation is 2. The van der Waals surface area contributed by atoms with Crippen molar-refractivity contribution in [2.75, 3.05) is 52.9 Å². The molecule has 5 nitrogen and oxygen atoms in total. The summed E-state index contributed by atoms with van der Waals surface area (Å²) in [5, 5.41) is 0. The molecule has 12 atom stereocenters. The van der Waals surface area contributed by atoms with Crippen LogP contribution in [0.1, 0.15) is 126 Å². The predicted octanol–water partition coefficient (Wildman–Crippen LogP) is 14.6. The van der Waals surface area contributed by atoms with Crippen LogP contribution < -0.4 is 9.13 Å². The van der Waals surface area contributed by atoms with Gasteiger partial charge in [0.2, 0.25) is 0 Å². The van der Waals surface area contributed by atoms with E-state index in [-0.39, 0.29) is 0 Å². The summed E-state index contributed by atoms with van der Waals surface area (Å²) in [6.45, 7) is 55.0. The molecule has 4 aliphatic carbocycles. The summed E-state index contributed by atoms with van der Waals surface area (Å²) in [4.78, 5) is 0. The SMILES string of the molecule is C=CC1CC(C=C)C(CC[N+]2(CC)CCCCC2)C1.C=CC1CC(C=C)C(CC[n+]2cccc(C)c2)C1.C=CC1CC(C=C)C(C[N+]2(C)CCCC2)C1.C=CC1CC(C=C)C(Cn2c(C)c(C)[n+](C)c2C)C1. The van der Waals surface area contributed by atoms with Crippen LogP contribution in [0, 0.1) is 98.7 Å². The topological polar surface area (TPSA) is 12.7 Å². The van der Waals surface area contributed by atoms with E-state index < -0.39 is 0 Å². The van der Waals surface area contributed by atoms with Crippen molar-refractivity contribution >= 4 is 0 Å². The van der Waals surface area contributed by atoms with Gasteiger partial charge >= 0.3 is 0 Å². The summed E-state index contributed by atoms with van der Waals surface area (Å²) in [6.07, 6.45) is 41.8. The number of piperidine rings is 1. The van der Waals surface area contributed by atoms with Crippen LogP contribution in [0.15, 0.2) is 126 Å². The maximum absolute atomic E-state index is 4.05. The van der Waals surface area contributed by atoms with E-state index in [0.29, 0.717) is 29.6 Å². The fourth-order valence-corrected chi connectivity index (χ4v) is 14.7. The van der Waals surface area contributed by atoms with Crippen LogP contribution in [0.25, 0.3) is 0 Å². The molecule has 2 saturated heterocycles. The molecule has 2 aromatic heterocycles. The molecule has 0 spiro atoms. The summed E-state index contributed by atoms with van der Waals surface area (Å²) in [5.74, 6) is 10.2. The molecule has 6 fully saturated rings. The summed E-state index contributed by atoms with van der Waals surface area (Å²) in [5.41, 5.74) is 4.09. The second-order valence-electron chi connectivity index (χ2n) is 24.4. The Morgan fingerprint density at radius 2 is 1.04 bits per heavy atom. The van der Waals surface area contributed by atoms with Crippen molar-refractivity contribution in [2.45, 2.75) is 144 Å². The quantitative estimate of drug-likeness (QED) is 0.0756. The molecule has 2 aromatic rings. The minimum atomic E-state index is 0.634. The molecule has 8 rings (SSSR count). The first-order valence-corrected chi connectivity index (χ1v) is 29.3. The number of hydrogen-bond donors (Lipinski definition) is 0. The van der Waals surface area contributed by atoms with Crippen LogP contribution in [0.3, 0.4) is 0 Å². The zero-order valence-electron chi connectivity index (χ0n) is 47.7. The second-order valence-corrected chi connectivity index (χ2v) is 24.4. The average Bonchev–Trinajstić information content (AvgIpc) is 4.28. The molecule has 0 N–H and O–H groups in total. The smallest absolute Gasteiger partial charge is 0.253 e. The number of pyridine rings is 1. The maximum Gasteiger partial charge on any atom is 0.253 e. The lowest BCUT2D eigenvalue weighted by Crippen LogP contribution is -2.52. The first-order chi connectivity index (χ1) is 34.6. The van der Waals surface area contributed by atoms with Gasteiger partial charge < -0.3 is 8.97 Å². The van der Waals surface area contributed by atoms with Crippen LogP contribution in [0.2, 0.25) is 0 Å². The molecular weight excluding hydrogens is 875 g/mol. The van der Waals surface area contributed by atoms with Crippen molar-refractivity contribution in [3.63, 3.8) is 0 Å². The highest BCUT2D eigenvalue weighted by molar-refractivity contribution is 5.08. The fourth-order valence-electron chi connectivity index (χ4n) is 14.7. The number of imidazole rings is 1. The van der Waals surface area contributed by atoms with Crippen LogP contribution in [0.4, 0.5) is 0 Å². The van der Waals surface area contributed by atoms with Crippen molar-refractivity contribution < 1.29 is 18.1 Å². The zero-order valence-corrected chi connectivity index (χ0v) is 47.7. The lowest BCUT2D eigenvalue weighted by molar-refractivity contribution is -0.931. The molecule has 398 valence electrons. The Bertz CT molecular complexity index is 2030. The van der Waals surface area contributed by atoms with Crippen molar-refractivity contribution in [3.8, 4) is 0 Å². The Morgan fingerprint density at radius 3 is 1.50 bits per heavy atom. The minimum absolute atomic E-state index is 0.634. The lowest BCUT2D eigenvalue weighted by atomic mass is 9.92. The van der Waals surface area contributed by atoms with Gasteiger partial charge in [0, 0.05) is 63.5 Å². The molecular formula is C67H109N5+4. The van der Waals surface area contributed by atoms with E-state index in [9.17, 15) is 0 Å². The van der Waals surface area contributed by atoms with Gasteiger partial charge in [-0.2, -0.15) is 0 Å². The number of quaternary nitrogens is 2. The van der Waals surface area contributed by atoms with Crippen molar-refractivity contribution in [1.82, 2.24) is 4.57 Å². The molecule has 0 radical (unpaired) electrons. The van der Waals surface area contributed by atoms with E-state index in [0.717, 1.165) is 54.5 Å². The standard InChI is InChI=1S/C18H32N.C17H27N2.C17H24N.C15H26N/c1-4-16-14-17(5-2)18(15-16)10-13-19(6-3)11-8-7-9-12-19;1-7-15-9-16(8-2)17(10-15)11-19-13(4)12(3)18(6)14(19)5;1-4-15-11-16(5-2)17(12-15)8-10-18-9-6-7-14(3)13-18;1-4-13-10-14(5-2)15(11-13)12-16(3)8-6-7-9-16/h4-5,16-18H,1-2,6-15H2,3H3;7-8,15-17H,1-2,9-11H2,3-6H3;4-7,9,13,15-17H,1-2,8,10-12H2,3H3;4-5,13-15H,1-2,6-12H2,3H3/q4*+1. The van der Waals surface area contributed by atoms with E-state index in [4.69, 9.17) is 0 Å². The minimum Gasteiger partial charge on any atom is -0.326 e. The average molecular weight is 985 g/mol. The largest absolute Gasteiger partial charge is 0.326 e. The van der Waals surface area contributed by atoms with Crippen molar-refractivity contribution in [3.05, 3.63) is 149 Å². The third-order valence-corrected chi connectivity index (χ3v) is 19.9. The van der Waals surface area contributed by atoms with E-state index >= 15 is 0 Å². The van der Waals surface area contributed by atoms with Crippen LogP contribution >= 0.6 is 0 Å². The number of aromatic nitrogens is 3. The van der Waals surface area contributed by atoms with Gasteiger partial charge in [0.15, 0.2) is 12.4 Å². The molecule has 12 unspecified atom stereocenters. The summed E-state index contributed by atoms with van der Waals surface area (Å²) in [7, 11) is 4.59. The van der Waals surface area contributed by atoms with Crippen molar-refractivity contribution in [1.29, 1.82) is 0 Å². The Kier molecular flexibility index (Phi) is 23.6. The van der Waals surface area contributed by atoms with Crippen molar-refractivity contribution in [2.24, 2.45) is 78.1 Å².